The van der Waals surface area contributed by atoms with Gasteiger partial charge in [0.1, 0.15) is 0 Å². The number of rotatable bonds is 12. The van der Waals surface area contributed by atoms with E-state index in [0.717, 1.165) is 18.4 Å². The second kappa shape index (κ2) is 14.9. The minimum Gasteiger partial charge on any atom is -1.00 e. The standard InChI is InChI=1S/C18H30O2S.Na.H/c1-2-3-4-5-6-7-8-9-10-11-14-17-15-12-13-16-18(17)21(19)20;;/h12-13,15-16H,2-11,14H2,1H3,(H,19,20);;/q;+1;-1. The third kappa shape index (κ3) is 10.2. The van der Waals surface area contributed by atoms with E-state index < -0.39 is 11.1 Å². The van der Waals surface area contributed by atoms with E-state index in [9.17, 15) is 8.76 Å². The van der Waals surface area contributed by atoms with Crippen molar-refractivity contribution in [1.82, 2.24) is 0 Å². The summed E-state index contributed by atoms with van der Waals surface area (Å²) < 4.78 is 20.5. The number of hydrogen-bond donors (Lipinski definition) is 1. The molecule has 0 saturated carbocycles. The van der Waals surface area contributed by atoms with E-state index >= 15 is 0 Å². The summed E-state index contributed by atoms with van der Waals surface area (Å²) in [5.41, 5.74) is 1.03. The molecule has 0 bridgehead atoms. The molecule has 4 heteroatoms. The second-order valence-corrected chi connectivity index (χ2v) is 6.73. The first-order valence-corrected chi connectivity index (χ1v) is 9.55. The molecule has 1 aromatic rings. The molecule has 0 aliphatic heterocycles. The Morgan fingerprint density at radius 3 is 1.95 bits per heavy atom. The Balaban J connectivity index is 0. The van der Waals surface area contributed by atoms with E-state index in [0.29, 0.717) is 4.90 Å². The molecular weight excluding hydrogens is 303 g/mol. The van der Waals surface area contributed by atoms with Crippen LogP contribution >= 0.6 is 0 Å². The molecule has 0 heterocycles. The van der Waals surface area contributed by atoms with E-state index in [1.807, 2.05) is 18.2 Å². The van der Waals surface area contributed by atoms with Crippen molar-refractivity contribution in [3.05, 3.63) is 29.8 Å². The zero-order chi connectivity index (χ0) is 15.3. The molecule has 22 heavy (non-hydrogen) atoms. The van der Waals surface area contributed by atoms with Gasteiger partial charge >= 0.3 is 29.6 Å². The van der Waals surface area contributed by atoms with Crippen LogP contribution in [0.2, 0.25) is 0 Å². The zero-order valence-corrected chi connectivity index (χ0v) is 17.2. The van der Waals surface area contributed by atoms with Gasteiger partial charge in [0.15, 0.2) is 11.1 Å². The SMILES string of the molecule is CCCCCCCCCCCCc1ccccc1S(=O)O.[H-].[Na+]. The average Bonchev–Trinajstić information content (AvgIpc) is 2.49. The molecule has 0 aliphatic rings. The van der Waals surface area contributed by atoms with Gasteiger partial charge in [0.2, 0.25) is 0 Å². The number of benzene rings is 1. The van der Waals surface area contributed by atoms with Crippen LogP contribution in [0.1, 0.15) is 78.1 Å². The monoisotopic (exact) mass is 334 g/mol. The van der Waals surface area contributed by atoms with Crippen LogP contribution in [-0.4, -0.2) is 8.76 Å². The van der Waals surface area contributed by atoms with Crippen molar-refractivity contribution in [2.24, 2.45) is 0 Å². The van der Waals surface area contributed by atoms with Gasteiger partial charge in [0.05, 0.1) is 4.90 Å². The van der Waals surface area contributed by atoms with Gasteiger partial charge in [-0.15, -0.1) is 0 Å². The number of unbranched alkanes of at least 4 members (excludes halogenated alkanes) is 9. The first kappa shape index (κ1) is 22.3. The molecule has 0 aromatic heterocycles. The van der Waals surface area contributed by atoms with Crippen LogP contribution in [0.5, 0.6) is 0 Å². The van der Waals surface area contributed by atoms with Crippen molar-refractivity contribution < 1.29 is 39.7 Å². The van der Waals surface area contributed by atoms with Crippen molar-refractivity contribution in [3.8, 4) is 0 Å². The van der Waals surface area contributed by atoms with Crippen LogP contribution in [0.3, 0.4) is 0 Å². The molecule has 0 radical (unpaired) electrons. The van der Waals surface area contributed by atoms with Crippen molar-refractivity contribution in [1.29, 1.82) is 0 Å². The van der Waals surface area contributed by atoms with Crippen molar-refractivity contribution in [2.45, 2.75) is 82.4 Å². The minimum atomic E-state index is -1.86. The van der Waals surface area contributed by atoms with Crippen molar-refractivity contribution in [2.75, 3.05) is 0 Å². The van der Waals surface area contributed by atoms with Gasteiger partial charge in [0.25, 0.3) is 0 Å². The van der Waals surface area contributed by atoms with E-state index in [4.69, 9.17) is 0 Å². The maximum atomic E-state index is 11.2. The summed E-state index contributed by atoms with van der Waals surface area (Å²) in [6, 6.07) is 7.49. The fourth-order valence-corrected chi connectivity index (χ4v) is 3.27. The first-order valence-electron chi connectivity index (χ1n) is 8.44. The van der Waals surface area contributed by atoms with Crippen molar-refractivity contribution >= 4 is 11.1 Å². The molecular formula is C18H31NaO2S. The smallest absolute Gasteiger partial charge is 1.00 e. The van der Waals surface area contributed by atoms with Gasteiger partial charge in [0, 0.05) is 0 Å². The second-order valence-electron chi connectivity index (χ2n) is 5.79. The molecule has 1 rings (SSSR count). The Labute approximate surface area is 162 Å². The molecule has 0 fully saturated rings. The summed E-state index contributed by atoms with van der Waals surface area (Å²) in [5, 5.41) is 0. The molecule has 0 spiro atoms. The predicted octanol–water partition coefficient (Wildman–Crippen LogP) is 2.85. The fourth-order valence-electron chi connectivity index (χ4n) is 2.68. The van der Waals surface area contributed by atoms with E-state index in [1.165, 1.54) is 57.8 Å². The Morgan fingerprint density at radius 1 is 0.909 bits per heavy atom. The van der Waals surface area contributed by atoms with Crippen LogP contribution in [0.15, 0.2) is 29.2 Å². The zero-order valence-electron chi connectivity index (χ0n) is 15.4. The van der Waals surface area contributed by atoms with Crippen LogP contribution in [0.4, 0.5) is 0 Å². The molecule has 2 nitrogen and oxygen atoms in total. The number of aryl methyl sites for hydroxylation is 1. The Kier molecular flexibility index (Phi) is 15.1. The number of hydrogen-bond acceptors (Lipinski definition) is 1. The summed E-state index contributed by atoms with van der Waals surface area (Å²) in [7, 11) is 0. The molecule has 1 atom stereocenters. The molecule has 0 aliphatic carbocycles. The fraction of sp³-hybridized carbons (Fsp3) is 0.667. The summed E-state index contributed by atoms with van der Waals surface area (Å²) in [6.45, 7) is 2.25. The molecule has 0 amide bonds. The normalized spacial score (nSPS) is 11.9. The largest absolute Gasteiger partial charge is 1.00 e. The van der Waals surface area contributed by atoms with Gasteiger partial charge < -0.3 is 5.98 Å². The van der Waals surface area contributed by atoms with Gasteiger partial charge in [-0.3, -0.25) is 0 Å². The van der Waals surface area contributed by atoms with Gasteiger partial charge in [-0.2, -0.15) is 0 Å². The van der Waals surface area contributed by atoms with E-state index in [-0.39, 0.29) is 31.0 Å². The first-order chi connectivity index (χ1) is 10.3. The maximum Gasteiger partial charge on any atom is 1.00 e. The molecule has 1 N–H and O–H groups in total. The summed E-state index contributed by atoms with van der Waals surface area (Å²) in [5.74, 6) is 0. The van der Waals surface area contributed by atoms with Crippen LogP contribution in [0.25, 0.3) is 0 Å². The summed E-state index contributed by atoms with van der Waals surface area (Å²) in [6.07, 6.45) is 14.1. The Morgan fingerprint density at radius 2 is 1.41 bits per heavy atom. The van der Waals surface area contributed by atoms with Crippen molar-refractivity contribution in [3.63, 3.8) is 0 Å². The maximum absolute atomic E-state index is 11.2. The molecule has 122 valence electrons. The Bertz CT molecular complexity index is 416. The summed E-state index contributed by atoms with van der Waals surface area (Å²) >= 11 is -1.86. The quantitative estimate of drug-likeness (QED) is 0.363. The van der Waals surface area contributed by atoms with Gasteiger partial charge in [-0.05, 0) is 24.5 Å². The third-order valence-electron chi connectivity index (χ3n) is 3.96. The summed E-state index contributed by atoms with van der Waals surface area (Å²) in [4.78, 5) is 0.577. The van der Waals surface area contributed by atoms with Crippen LogP contribution in [-0.2, 0) is 17.5 Å². The van der Waals surface area contributed by atoms with Gasteiger partial charge in [-0.1, -0.05) is 82.9 Å². The van der Waals surface area contributed by atoms with Crippen LogP contribution in [0, 0.1) is 0 Å². The molecule has 1 unspecified atom stereocenters. The van der Waals surface area contributed by atoms with E-state index in [1.54, 1.807) is 6.07 Å². The van der Waals surface area contributed by atoms with Crippen LogP contribution < -0.4 is 29.6 Å². The topological polar surface area (TPSA) is 37.3 Å². The minimum absolute atomic E-state index is 0. The van der Waals surface area contributed by atoms with Gasteiger partial charge in [-0.25, -0.2) is 4.21 Å². The predicted molar refractivity (Wildman–Crippen MR) is 92.1 cm³/mol. The average molecular weight is 335 g/mol. The third-order valence-corrected chi connectivity index (χ3v) is 4.73. The molecule has 0 saturated heterocycles. The molecule has 1 aromatic carbocycles. The van der Waals surface area contributed by atoms with E-state index in [2.05, 4.69) is 6.92 Å². The Hall–Kier alpha value is 0.330.